The third-order valence-electron chi connectivity index (χ3n) is 4.98. The Morgan fingerprint density at radius 3 is 2.42 bits per heavy atom. The molecule has 1 amide bonds. The molecule has 0 saturated heterocycles. The molecule has 0 radical (unpaired) electrons. The van der Waals surface area contributed by atoms with Gasteiger partial charge in [0.05, 0.1) is 12.4 Å². The van der Waals surface area contributed by atoms with Crippen molar-refractivity contribution in [2.75, 3.05) is 17.7 Å². The van der Waals surface area contributed by atoms with Crippen LogP contribution in [0.3, 0.4) is 0 Å². The van der Waals surface area contributed by atoms with Gasteiger partial charge in [-0.2, -0.15) is 0 Å². The molecule has 168 valence electrons. The number of aromatic nitrogens is 3. The minimum Gasteiger partial charge on any atom is -0.494 e. The molecule has 1 heterocycles. The predicted molar refractivity (Wildman–Crippen MR) is 133 cm³/mol. The topological polar surface area (TPSA) is 69.0 Å². The lowest BCUT2D eigenvalue weighted by atomic mass is 10.1. The highest BCUT2D eigenvalue weighted by molar-refractivity contribution is 7.99. The van der Waals surface area contributed by atoms with Gasteiger partial charge in [0.1, 0.15) is 5.75 Å². The summed E-state index contributed by atoms with van der Waals surface area (Å²) in [6, 6.07) is 23.7. The molecule has 0 fully saturated rings. The number of nitrogens with one attached hydrogen (secondary N) is 1. The maximum absolute atomic E-state index is 12.6. The van der Waals surface area contributed by atoms with Crippen molar-refractivity contribution >= 4 is 23.4 Å². The van der Waals surface area contributed by atoms with E-state index in [-0.39, 0.29) is 11.7 Å². The Labute approximate surface area is 198 Å². The maximum Gasteiger partial charge on any atom is 0.234 e. The Kier molecular flexibility index (Phi) is 7.10. The first kappa shape index (κ1) is 22.6. The van der Waals surface area contributed by atoms with Gasteiger partial charge in [0.25, 0.3) is 0 Å². The molecule has 1 aromatic heterocycles. The molecule has 0 aliphatic heterocycles. The smallest absolute Gasteiger partial charge is 0.234 e. The summed E-state index contributed by atoms with van der Waals surface area (Å²) in [5.74, 6) is 1.65. The van der Waals surface area contributed by atoms with Crippen molar-refractivity contribution in [3.63, 3.8) is 0 Å². The third kappa shape index (κ3) is 5.62. The van der Waals surface area contributed by atoms with Crippen LogP contribution in [0.15, 0.2) is 78.0 Å². The number of anilines is 1. The summed E-state index contributed by atoms with van der Waals surface area (Å²) in [6.45, 7) is 6.63. The van der Waals surface area contributed by atoms with Crippen LogP contribution in [0, 0.1) is 13.8 Å². The number of benzene rings is 3. The molecule has 3 aromatic carbocycles. The van der Waals surface area contributed by atoms with Gasteiger partial charge in [0, 0.05) is 16.9 Å². The van der Waals surface area contributed by atoms with Crippen LogP contribution in [0.5, 0.6) is 5.75 Å². The monoisotopic (exact) mass is 458 g/mol. The summed E-state index contributed by atoms with van der Waals surface area (Å²) >= 11 is 1.35. The standard InChI is InChI=1S/C26H26N4O2S/c1-4-32-23-14-12-22(13-15-23)30-25(20-7-5-6-19(3)16-20)28-29-26(30)33-17-24(31)27-21-10-8-18(2)9-11-21/h5-16H,4,17H2,1-3H3,(H,27,31). The van der Waals surface area contributed by atoms with E-state index in [4.69, 9.17) is 4.74 Å². The minimum absolute atomic E-state index is 0.0952. The van der Waals surface area contributed by atoms with E-state index >= 15 is 0 Å². The number of aryl methyl sites for hydroxylation is 2. The number of hydrogen-bond acceptors (Lipinski definition) is 5. The van der Waals surface area contributed by atoms with Crippen LogP contribution in [0.2, 0.25) is 0 Å². The van der Waals surface area contributed by atoms with Gasteiger partial charge in [-0.25, -0.2) is 0 Å². The largest absolute Gasteiger partial charge is 0.494 e. The van der Waals surface area contributed by atoms with Crippen molar-refractivity contribution in [1.82, 2.24) is 14.8 Å². The van der Waals surface area contributed by atoms with Crippen molar-refractivity contribution in [2.45, 2.75) is 25.9 Å². The minimum atomic E-state index is -0.0952. The summed E-state index contributed by atoms with van der Waals surface area (Å²) in [4.78, 5) is 12.6. The number of rotatable bonds is 8. The number of amides is 1. The molecule has 4 aromatic rings. The molecule has 0 aliphatic rings. The lowest BCUT2D eigenvalue weighted by Gasteiger charge is -2.12. The fraction of sp³-hybridized carbons (Fsp3) is 0.192. The van der Waals surface area contributed by atoms with Gasteiger partial charge in [-0.1, -0.05) is 53.2 Å². The van der Waals surface area contributed by atoms with Gasteiger partial charge < -0.3 is 10.1 Å². The zero-order valence-corrected chi connectivity index (χ0v) is 19.7. The highest BCUT2D eigenvalue weighted by Crippen LogP contribution is 2.29. The molecule has 0 atom stereocenters. The number of nitrogens with zero attached hydrogens (tertiary/aromatic N) is 3. The summed E-state index contributed by atoms with van der Waals surface area (Å²) in [5.41, 5.74) is 4.93. The van der Waals surface area contributed by atoms with Crippen molar-refractivity contribution in [1.29, 1.82) is 0 Å². The molecule has 0 bridgehead atoms. The molecule has 1 N–H and O–H groups in total. The van der Waals surface area contributed by atoms with Crippen LogP contribution in [0.25, 0.3) is 17.1 Å². The quantitative estimate of drug-likeness (QED) is 0.344. The van der Waals surface area contributed by atoms with Gasteiger partial charge in [0.2, 0.25) is 5.91 Å². The van der Waals surface area contributed by atoms with Crippen LogP contribution < -0.4 is 10.1 Å². The van der Waals surface area contributed by atoms with E-state index in [2.05, 4.69) is 21.6 Å². The van der Waals surface area contributed by atoms with E-state index in [0.29, 0.717) is 11.8 Å². The second kappa shape index (κ2) is 10.4. The second-order valence-corrected chi connectivity index (χ2v) is 8.58. The van der Waals surface area contributed by atoms with E-state index in [0.717, 1.165) is 39.6 Å². The SMILES string of the molecule is CCOc1ccc(-n2c(SCC(=O)Nc3ccc(C)cc3)nnc2-c2cccc(C)c2)cc1. The lowest BCUT2D eigenvalue weighted by Crippen LogP contribution is -2.14. The van der Waals surface area contributed by atoms with Crippen molar-refractivity contribution < 1.29 is 9.53 Å². The van der Waals surface area contributed by atoms with Gasteiger partial charge >= 0.3 is 0 Å². The maximum atomic E-state index is 12.6. The van der Waals surface area contributed by atoms with Crippen LogP contribution in [-0.2, 0) is 4.79 Å². The van der Waals surface area contributed by atoms with Crippen molar-refractivity contribution in [2.24, 2.45) is 0 Å². The number of thioether (sulfide) groups is 1. The summed E-state index contributed by atoms with van der Waals surface area (Å²) in [5, 5.41) is 12.5. The Bertz CT molecular complexity index is 1230. The predicted octanol–water partition coefficient (Wildman–Crippen LogP) is 5.68. The summed E-state index contributed by atoms with van der Waals surface area (Å²) in [6.07, 6.45) is 0. The Balaban J connectivity index is 1.60. The highest BCUT2D eigenvalue weighted by atomic mass is 32.2. The average Bonchev–Trinajstić information content (AvgIpc) is 3.24. The molecule has 0 aliphatic carbocycles. The van der Waals surface area contributed by atoms with E-state index in [9.17, 15) is 4.79 Å². The molecule has 33 heavy (non-hydrogen) atoms. The van der Waals surface area contributed by atoms with E-state index < -0.39 is 0 Å². The van der Waals surface area contributed by atoms with Crippen molar-refractivity contribution in [3.8, 4) is 22.8 Å². The molecular weight excluding hydrogens is 432 g/mol. The van der Waals surface area contributed by atoms with Crippen LogP contribution in [-0.4, -0.2) is 33.0 Å². The normalized spacial score (nSPS) is 10.8. The van der Waals surface area contributed by atoms with Gasteiger partial charge in [0.15, 0.2) is 11.0 Å². The molecule has 6 nitrogen and oxygen atoms in total. The Morgan fingerprint density at radius 2 is 1.73 bits per heavy atom. The third-order valence-corrected chi connectivity index (χ3v) is 5.91. The molecular formula is C26H26N4O2S. The number of carbonyl (C=O) groups is 1. The van der Waals surface area contributed by atoms with Gasteiger partial charge in [-0.15, -0.1) is 10.2 Å². The number of ether oxygens (including phenoxy) is 1. The molecule has 0 unspecified atom stereocenters. The number of hydrogen-bond donors (Lipinski definition) is 1. The lowest BCUT2D eigenvalue weighted by molar-refractivity contribution is -0.113. The Hall–Kier alpha value is -3.58. The molecule has 0 spiro atoms. The van der Waals surface area contributed by atoms with Gasteiger partial charge in [-0.05, 0) is 63.2 Å². The van der Waals surface area contributed by atoms with Crippen LogP contribution in [0.1, 0.15) is 18.1 Å². The first-order valence-electron chi connectivity index (χ1n) is 10.8. The van der Waals surface area contributed by atoms with Gasteiger partial charge in [-0.3, -0.25) is 9.36 Å². The van der Waals surface area contributed by atoms with E-state index in [1.165, 1.54) is 11.8 Å². The summed E-state index contributed by atoms with van der Waals surface area (Å²) < 4.78 is 7.56. The summed E-state index contributed by atoms with van der Waals surface area (Å²) in [7, 11) is 0. The second-order valence-electron chi connectivity index (χ2n) is 7.64. The average molecular weight is 459 g/mol. The highest BCUT2D eigenvalue weighted by Gasteiger charge is 2.18. The van der Waals surface area contributed by atoms with Crippen molar-refractivity contribution in [3.05, 3.63) is 83.9 Å². The fourth-order valence-corrected chi connectivity index (χ4v) is 4.14. The molecule has 7 heteroatoms. The zero-order valence-electron chi connectivity index (χ0n) is 18.9. The zero-order chi connectivity index (χ0) is 23.2. The van der Waals surface area contributed by atoms with E-state index in [1.807, 2.05) is 92.1 Å². The van der Waals surface area contributed by atoms with Crippen LogP contribution in [0.4, 0.5) is 5.69 Å². The number of carbonyl (C=O) groups excluding carboxylic acids is 1. The Morgan fingerprint density at radius 1 is 0.970 bits per heavy atom. The molecule has 0 saturated carbocycles. The first-order chi connectivity index (χ1) is 16.0. The fourth-order valence-electron chi connectivity index (χ4n) is 3.39. The first-order valence-corrected chi connectivity index (χ1v) is 11.8. The van der Waals surface area contributed by atoms with Crippen LogP contribution >= 0.6 is 11.8 Å². The van der Waals surface area contributed by atoms with E-state index in [1.54, 1.807) is 0 Å². The molecule has 4 rings (SSSR count).